The molecule has 7 aromatic carbocycles. The van der Waals surface area contributed by atoms with Crippen molar-refractivity contribution in [1.82, 2.24) is 19.5 Å². The molecule has 0 saturated carbocycles. The van der Waals surface area contributed by atoms with Gasteiger partial charge < -0.3 is 0 Å². The minimum absolute atomic E-state index is 0.637. The molecule has 0 saturated heterocycles. The molecule has 0 aliphatic rings. The second-order valence-corrected chi connectivity index (χ2v) is 13.2. The number of fused-ring (bicyclic) bond motifs is 3. The van der Waals surface area contributed by atoms with Gasteiger partial charge in [0.05, 0.1) is 0 Å². The van der Waals surface area contributed by atoms with E-state index >= 15 is 0 Å². The van der Waals surface area contributed by atoms with Crippen LogP contribution in [0, 0.1) is 0 Å². The van der Waals surface area contributed by atoms with Crippen molar-refractivity contribution in [3.63, 3.8) is 0 Å². The van der Waals surface area contributed by atoms with Crippen molar-refractivity contribution in [2.24, 2.45) is 0 Å². The van der Waals surface area contributed by atoms with Gasteiger partial charge in [-0.3, -0.25) is 0 Å². The quantitative estimate of drug-likeness (QED) is 0.162. The van der Waals surface area contributed by atoms with Crippen LogP contribution in [0.25, 0.3) is 83.9 Å². The summed E-state index contributed by atoms with van der Waals surface area (Å²) in [7, 11) is 0. The molecule has 2 aromatic heterocycles. The summed E-state index contributed by atoms with van der Waals surface area (Å²) in [6.07, 6.45) is 0. The Hall–Kier alpha value is -6.13. The van der Waals surface area contributed by atoms with Gasteiger partial charge in [-0.05, 0) is 0 Å². The summed E-state index contributed by atoms with van der Waals surface area (Å²) in [5, 5.41) is 2.47. The molecule has 9 aromatic rings. The normalized spacial score (nSPS) is 11.3. The summed E-state index contributed by atoms with van der Waals surface area (Å²) in [4.78, 5) is 14.8. The molecule has 0 fully saturated rings. The average molecular weight is 705 g/mol. The fourth-order valence-electron chi connectivity index (χ4n) is 6.71. The predicted molar refractivity (Wildman–Crippen MR) is 207 cm³/mol. The van der Waals surface area contributed by atoms with Gasteiger partial charge in [-0.25, -0.2) is 0 Å². The van der Waals surface area contributed by atoms with E-state index in [0.717, 1.165) is 43.5 Å². The predicted octanol–water partition coefficient (Wildman–Crippen LogP) is 10.1. The first-order chi connectivity index (χ1) is 24.7. The van der Waals surface area contributed by atoms with Crippen LogP contribution in [-0.4, -0.2) is 35.5 Å². The number of hydrogen-bond donors (Lipinski definition) is 0. The van der Waals surface area contributed by atoms with Crippen LogP contribution in [0.1, 0.15) is 0 Å². The first kappa shape index (κ1) is 30.0. The molecule has 0 amide bonds. The van der Waals surface area contributed by atoms with Gasteiger partial charge in [0.1, 0.15) is 0 Å². The van der Waals surface area contributed by atoms with Gasteiger partial charge in [0.15, 0.2) is 0 Å². The summed E-state index contributed by atoms with van der Waals surface area (Å²) >= 11 is 3.30. The Kier molecular flexibility index (Phi) is 7.62. The molecular weight excluding hydrogens is 675 g/mol. The van der Waals surface area contributed by atoms with Crippen molar-refractivity contribution in [2.45, 2.75) is 0 Å². The Morgan fingerprint density at radius 2 is 0.880 bits per heavy atom. The second-order valence-electron chi connectivity index (χ2n) is 12.3. The first-order valence-electron chi connectivity index (χ1n) is 16.6. The molecule has 2 heterocycles. The van der Waals surface area contributed by atoms with E-state index in [4.69, 9.17) is 15.0 Å². The standard InChI is InChI=1S/C45H29N4Se/c50-42-26-24-33(32-23-25-41-39(29-32)37-21-10-11-22-40(37)49(41)36-19-8-3-9-20-36)28-38(42)34-17-12-18-35(27-34)45-47-43(30-13-4-1-5-14-30)46-44(48-45)31-15-6-2-7-16-31/h1-29H. The number of para-hydroxylation sites is 2. The fourth-order valence-corrected chi connectivity index (χ4v) is 7.22. The number of hydrogen-bond acceptors (Lipinski definition) is 3. The maximum absolute atomic E-state index is 4.97. The van der Waals surface area contributed by atoms with Crippen molar-refractivity contribution in [1.29, 1.82) is 0 Å². The summed E-state index contributed by atoms with van der Waals surface area (Å²) in [6.45, 7) is 0. The fraction of sp³-hybridized carbons (Fsp3) is 0. The van der Waals surface area contributed by atoms with Gasteiger partial charge in [-0.1, -0.05) is 6.07 Å². The van der Waals surface area contributed by atoms with Crippen molar-refractivity contribution >= 4 is 42.3 Å². The second kappa shape index (κ2) is 12.7. The molecule has 0 N–H and O–H groups in total. The van der Waals surface area contributed by atoms with Gasteiger partial charge in [-0.15, -0.1) is 0 Å². The minimum atomic E-state index is 0.637. The van der Waals surface area contributed by atoms with Crippen LogP contribution in [0.3, 0.4) is 0 Å². The van der Waals surface area contributed by atoms with E-state index in [-0.39, 0.29) is 0 Å². The molecule has 0 spiro atoms. The number of rotatable bonds is 6. The summed E-state index contributed by atoms with van der Waals surface area (Å²) < 4.78 is 3.43. The third-order valence-corrected chi connectivity index (χ3v) is 9.88. The molecular formula is C45H29N4Se. The van der Waals surface area contributed by atoms with Crippen LogP contribution < -0.4 is 4.46 Å². The number of nitrogens with zero attached hydrogens (tertiary/aromatic N) is 4. The summed E-state index contributed by atoms with van der Waals surface area (Å²) in [6, 6.07) is 61.3. The van der Waals surface area contributed by atoms with Gasteiger partial charge >= 0.3 is 294 Å². The molecule has 5 heteroatoms. The zero-order chi connectivity index (χ0) is 33.4. The SMILES string of the molecule is [Se]c1ccc(-c2ccc3c(c2)c2ccccc2n3-c2ccccc2)cc1-c1cccc(-c2nc(-c3ccccc3)nc(-c3ccccc3)n2)c1. The van der Waals surface area contributed by atoms with Crippen LogP contribution in [-0.2, 0) is 0 Å². The van der Waals surface area contributed by atoms with Crippen molar-refractivity contribution in [3.05, 3.63) is 176 Å². The number of aromatic nitrogens is 4. The van der Waals surface area contributed by atoms with Crippen LogP contribution >= 0.6 is 0 Å². The molecule has 1 radical (unpaired) electrons. The zero-order valence-electron chi connectivity index (χ0n) is 26.9. The van der Waals surface area contributed by atoms with Crippen molar-refractivity contribution < 1.29 is 0 Å². The van der Waals surface area contributed by atoms with Crippen LogP contribution in [0.4, 0.5) is 0 Å². The molecule has 0 aliphatic carbocycles. The Bertz CT molecular complexity index is 2590. The van der Waals surface area contributed by atoms with Gasteiger partial charge in [-0.2, -0.15) is 0 Å². The topological polar surface area (TPSA) is 43.6 Å². The molecule has 0 bridgehead atoms. The third-order valence-electron chi connectivity index (χ3n) is 9.13. The van der Waals surface area contributed by atoms with E-state index in [1.54, 1.807) is 0 Å². The summed E-state index contributed by atoms with van der Waals surface area (Å²) in [5.41, 5.74) is 10.9. The summed E-state index contributed by atoms with van der Waals surface area (Å²) in [5.74, 6) is 1.93. The molecule has 4 nitrogen and oxygen atoms in total. The molecule has 0 aliphatic heterocycles. The van der Waals surface area contributed by atoms with E-state index in [1.165, 1.54) is 27.4 Å². The van der Waals surface area contributed by atoms with E-state index in [0.29, 0.717) is 17.5 Å². The molecule has 9 rings (SSSR count). The van der Waals surface area contributed by atoms with Crippen LogP contribution in [0.15, 0.2) is 176 Å². The van der Waals surface area contributed by atoms with Gasteiger partial charge in [0.2, 0.25) is 0 Å². The molecule has 235 valence electrons. The van der Waals surface area contributed by atoms with Crippen LogP contribution in [0.5, 0.6) is 0 Å². The Labute approximate surface area is 298 Å². The number of benzene rings is 7. The first-order valence-corrected chi connectivity index (χ1v) is 17.4. The van der Waals surface area contributed by atoms with E-state index in [2.05, 4.69) is 136 Å². The Balaban J connectivity index is 1.14. The third kappa shape index (κ3) is 5.49. The Morgan fingerprint density at radius 3 is 1.58 bits per heavy atom. The van der Waals surface area contributed by atoms with Crippen LogP contribution in [0.2, 0.25) is 0 Å². The maximum atomic E-state index is 4.97. The van der Waals surface area contributed by atoms with Crippen molar-refractivity contribution in [2.75, 3.05) is 0 Å². The molecule has 50 heavy (non-hydrogen) atoms. The Morgan fingerprint density at radius 1 is 0.360 bits per heavy atom. The molecule has 0 unspecified atom stereocenters. The van der Waals surface area contributed by atoms with Gasteiger partial charge in [0, 0.05) is 0 Å². The monoisotopic (exact) mass is 705 g/mol. The van der Waals surface area contributed by atoms with E-state index in [1.807, 2.05) is 60.7 Å². The average Bonchev–Trinajstić information content (AvgIpc) is 3.53. The van der Waals surface area contributed by atoms with E-state index < -0.39 is 0 Å². The van der Waals surface area contributed by atoms with E-state index in [9.17, 15) is 0 Å². The van der Waals surface area contributed by atoms with Crippen molar-refractivity contribution in [3.8, 4) is 62.1 Å². The molecule has 0 atom stereocenters. The van der Waals surface area contributed by atoms with Gasteiger partial charge in [0.25, 0.3) is 0 Å². The zero-order valence-corrected chi connectivity index (χ0v) is 28.7.